The molecule has 0 spiro atoms. The number of hydrogen-bond acceptors (Lipinski definition) is 4. The van der Waals surface area contributed by atoms with Gasteiger partial charge in [0, 0.05) is 26.1 Å². The summed E-state index contributed by atoms with van der Waals surface area (Å²) in [6.45, 7) is 11.6. The molecule has 1 N–H and O–H groups in total. The minimum Gasteiger partial charge on any atom is -0.414 e. The first kappa shape index (κ1) is 23.9. The van der Waals surface area contributed by atoms with Crippen LogP contribution in [0.15, 0.2) is 30.3 Å². The molecule has 1 unspecified atom stereocenters. The van der Waals surface area contributed by atoms with E-state index in [0.29, 0.717) is 5.92 Å². The Morgan fingerprint density at radius 3 is 2.47 bits per heavy atom. The molecule has 0 bridgehead atoms. The molecule has 4 nitrogen and oxygen atoms in total. The summed E-state index contributed by atoms with van der Waals surface area (Å²) in [4.78, 5) is 0. The van der Waals surface area contributed by atoms with Gasteiger partial charge in [-0.1, -0.05) is 51.1 Å². The Morgan fingerprint density at radius 2 is 1.83 bits per heavy atom. The lowest BCUT2D eigenvalue weighted by Crippen LogP contribution is -2.44. The van der Waals surface area contributed by atoms with E-state index in [1.807, 2.05) is 0 Å². The highest BCUT2D eigenvalue weighted by Gasteiger charge is 2.49. The molecule has 0 aromatic heterocycles. The highest BCUT2D eigenvalue weighted by molar-refractivity contribution is 6.74. The predicted octanol–water partition coefficient (Wildman–Crippen LogP) is 5.55. The van der Waals surface area contributed by atoms with E-state index in [9.17, 15) is 5.11 Å². The van der Waals surface area contributed by atoms with E-state index in [1.165, 1.54) is 5.56 Å². The lowest BCUT2D eigenvalue weighted by atomic mass is 9.86. The number of methoxy groups -OCH3 is 1. The third kappa shape index (κ3) is 5.74. The zero-order chi connectivity index (χ0) is 21.9. The van der Waals surface area contributed by atoms with Crippen LogP contribution in [-0.4, -0.2) is 45.1 Å². The van der Waals surface area contributed by atoms with Crippen LogP contribution in [0.2, 0.25) is 18.1 Å². The van der Waals surface area contributed by atoms with E-state index < -0.39 is 8.32 Å². The second kappa shape index (κ2) is 9.82. The number of aliphatic hydroxyl groups excluding tert-OH is 1. The molecule has 2 aliphatic rings. The minimum atomic E-state index is -1.85. The van der Waals surface area contributed by atoms with E-state index in [0.717, 1.165) is 38.5 Å². The van der Waals surface area contributed by atoms with Crippen molar-refractivity contribution >= 4 is 8.32 Å². The van der Waals surface area contributed by atoms with Gasteiger partial charge in [0.15, 0.2) is 14.6 Å². The van der Waals surface area contributed by atoms with Gasteiger partial charge in [0.1, 0.15) is 0 Å². The van der Waals surface area contributed by atoms with Gasteiger partial charge in [-0.2, -0.15) is 0 Å². The number of fused-ring (bicyclic) bond motifs is 1. The first-order chi connectivity index (χ1) is 14.1. The summed E-state index contributed by atoms with van der Waals surface area (Å²) in [7, 11) is -0.138. The summed E-state index contributed by atoms with van der Waals surface area (Å²) in [6.07, 6.45) is 5.73. The number of aryl methyl sites for hydroxylation is 1. The van der Waals surface area contributed by atoms with Gasteiger partial charge in [0.25, 0.3) is 0 Å². The second-order valence-electron chi connectivity index (χ2n) is 10.8. The lowest BCUT2D eigenvalue weighted by molar-refractivity contribution is -0.118. The molecule has 1 aliphatic heterocycles. The van der Waals surface area contributed by atoms with E-state index in [1.54, 1.807) is 7.11 Å². The molecular weight excluding hydrogens is 392 g/mol. The predicted molar refractivity (Wildman–Crippen MR) is 124 cm³/mol. The number of hydrogen-bond donors (Lipinski definition) is 1. The quantitative estimate of drug-likeness (QED) is 0.518. The Hall–Kier alpha value is -0.723. The van der Waals surface area contributed by atoms with Gasteiger partial charge in [-0.05, 0) is 61.2 Å². The lowest BCUT2D eigenvalue weighted by Gasteiger charge is -2.40. The number of rotatable bonds is 9. The Kier molecular flexibility index (Phi) is 7.84. The van der Waals surface area contributed by atoms with Gasteiger partial charge in [-0.25, -0.2) is 0 Å². The molecule has 1 saturated carbocycles. The summed E-state index contributed by atoms with van der Waals surface area (Å²) in [6, 6.07) is 10.7. The Balaban J connectivity index is 1.64. The van der Waals surface area contributed by atoms with Crippen LogP contribution < -0.4 is 0 Å². The summed E-state index contributed by atoms with van der Waals surface area (Å²) in [5.74, 6) is 0.699. The van der Waals surface area contributed by atoms with E-state index >= 15 is 0 Å². The van der Waals surface area contributed by atoms with Gasteiger partial charge in [-0.3, -0.25) is 0 Å². The van der Waals surface area contributed by atoms with Crippen molar-refractivity contribution in [3.8, 4) is 0 Å². The van der Waals surface area contributed by atoms with Crippen molar-refractivity contribution in [2.45, 2.75) is 102 Å². The summed E-state index contributed by atoms with van der Waals surface area (Å²) < 4.78 is 18.3. The monoisotopic (exact) mass is 434 g/mol. The first-order valence-electron chi connectivity index (χ1n) is 11.7. The van der Waals surface area contributed by atoms with Crippen LogP contribution in [0, 0.1) is 11.8 Å². The smallest absolute Gasteiger partial charge is 0.192 e. The van der Waals surface area contributed by atoms with Crippen molar-refractivity contribution in [1.82, 2.24) is 0 Å². The first-order valence-corrected chi connectivity index (χ1v) is 14.6. The normalized spacial score (nSPS) is 30.4. The summed E-state index contributed by atoms with van der Waals surface area (Å²) in [5, 5.41) is 10.9. The molecule has 1 aliphatic carbocycles. The van der Waals surface area contributed by atoms with Gasteiger partial charge in [0.05, 0.1) is 12.2 Å². The third-order valence-electron chi connectivity index (χ3n) is 7.74. The van der Waals surface area contributed by atoms with Gasteiger partial charge >= 0.3 is 0 Å². The fourth-order valence-corrected chi connectivity index (χ4v) is 6.29. The highest BCUT2D eigenvalue weighted by atomic mass is 28.4. The van der Waals surface area contributed by atoms with Gasteiger partial charge in [-0.15, -0.1) is 0 Å². The minimum absolute atomic E-state index is 0.104. The molecular formula is C25H42O4Si. The largest absolute Gasteiger partial charge is 0.414 e. The SMILES string of the molecule is COC1C[C@@H]2[C@@H](CC[C@H](CCc3ccccc3)O[Si](C)(C)C(C)(C)C)[C@H](O)C[C@@H]2O1. The van der Waals surface area contributed by atoms with Crippen molar-refractivity contribution in [3.63, 3.8) is 0 Å². The van der Waals surface area contributed by atoms with E-state index in [4.69, 9.17) is 13.9 Å². The van der Waals surface area contributed by atoms with Crippen LogP contribution in [0.25, 0.3) is 0 Å². The van der Waals surface area contributed by atoms with Crippen molar-refractivity contribution < 1.29 is 19.0 Å². The zero-order valence-electron chi connectivity index (χ0n) is 19.8. The van der Waals surface area contributed by atoms with Crippen molar-refractivity contribution in [2.24, 2.45) is 11.8 Å². The molecule has 2 fully saturated rings. The van der Waals surface area contributed by atoms with Gasteiger partial charge in [0.2, 0.25) is 0 Å². The molecule has 0 amide bonds. The maximum absolute atomic E-state index is 10.7. The molecule has 6 atom stereocenters. The highest BCUT2D eigenvalue weighted by Crippen LogP contribution is 2.46. The molecule has 1 aromatic carbocycles. The van der Waals surface area contributed by atoms with Crippen LogP contribution >= 0.6 is 0 Å². The molecule has 0 radical (unpaired) electrons. The third-order valence-corrected chi connectivity index (χ3v) is 12.3. The molecule has 170 valence electrons. The zero-order valence-corrected chi connectivity index (χ0v) is 20.8. The standard InChI is InChI=1S/C25H42O4Si/c1-25(2,3)30(5,6)29-19(13-12-18-10-8-7-9-11-18)14-15-20-21-16-24(27-4)28-23(21)17-22(20)26/h7-11,19-24,26H,12-17H2,1-6H3/t19-,20+,21+,22+,23-,24?/m0/s1. The molecule has 5 heteroatoms. The maximum atomic E-state index is 10.7. The topological polar surface area (TPSA) is 47.9 Å². The number of benzene rings is 1. The van der Waals surface area contributed by atoms with Crippen LogP contribution in [0.5, 0.6) is 0 Å². The molecule has 1 saturated heterocycles. The Labute approximate surface area is 184 Å². The Bertz CT molecular complexity index is 657. The molecule has 1 heterocycles. The van der Waals surface area contributed by atoms with E-state index in [2.05, 4.69) is 64.2 Å². The molecule has 3 rings (SSSR count). The molecule has 30 heavy (non-hydrogen) atoms. The maximum Gasteiger partial charge on any atom is 0.192 e. The average Bonchev–Trinajstić information content (AvgIpc) is 3.20. The van der Waals surface area contributed by atoms with E-state index in [-0.39, 0.29) is 35.6 Å². The van der Waals surface area contributed by atoms with Crippen molar-refractivity contribution in [1.29, 1.82) is 0 Å². The van der Waals surface area contributed by atoms with Crippen LogP contribution in [0.4, 0.5) is 0 Å². The van der Waals surface area contributed by atoms with Crippen LogP contribution in [0.3, 0.4) is 0 Å². The number of aliphatic hydroxyl groups is 1. The average molecular weight is 435 g/mol. The Morgan fingerprint density at radius 1 is 1.13 bits per heavy atom. The summed E-state index contributed by atoms with van der Waals surface area (Å²) in [5.41, 5.74) is 1.37. The van der Waals surface area contributed by atoms with Crippen molar-refractivity contribution in [2.75, 3.05) is 7.11 Å². The fraction of sp³-hybridized carbons (Fsp3) is 0.760. The summed E-state index contributed by atoms with van der Waals surface area (Å²) >= 11 is 0. The van der Waals surface area contributed by atoms with Crippen LogP contribution in [-0.2, 0) is 20.3 Å². The van der Waals surface area contributed by atoms with Crippen molar-refractivity contribution in [3.05, 3.63) is 35.9 Å². The van der Waals surface area contributed by atoms with Gasteiger partial charge < -0.3 is 19.0 Å². The van der Waals surface area contributed by atoms with Crippen LogP contribution in [0.1, 0.15) is 58.4 Å². The second-order valence-corrected chi connectivity index (χ2v) is 15.6. The number of ether oxygens (including phenoxy) is 2. The fourth-order valence-electron chi connectivity index (χ4n) is 4.87. The molecule has 1 aromatic rings.